The number of aromatic nitrogens is 1. The highest BCUT2D eigenvalue weighted by Crippen LogP contribution is 2.21. The lowest BCUT2D eigenvalue weighted by Crippen LogP contribution is -2.30. The third kappa shape index (κ3) is 5.17. The van der Waals surface area contributed by atoms with E-state index in [9.17, 15) is 4.79 Å². The maximum Gasteiger partial charge on any atom is 0.265 e. The maximum atomic E-state index is 12.4. The van der Waals surface area contributed by atoms with Crippen molar-refractivity contribution in [2.75, 3.05) is 5.32 Å². The number of hydrogen-bond donors (Lipinski definition) is 1. The predicted molar refractivity (Wildman–Crippen MR) is 108 cm³/mol. The van der Waals surface area contributed by atoms with Crippen molar-refractivity contribution in [3.63, 3.8) is 0 Å². The normalized spacial score (nSPS) is 11.7. The highest BCUT2D eigenvalue weighted by molar-refractivity contribution is 5.94. The van der Waals surface area contributed by atoms with E-state index >= 15 is 0 Å². The van der Waals surface area contributed by atoms with Gasteiger partial charge in [0.15, 0.2) is 6.10 Å². The van der Waals surface area contributed by atoms with Gasteiger partial charge in [-0.3, -0.25) is 9.78 Å². The molecule has 0 saturated heterocycles. The van der Waals surface area contributed by atoms with Crippen molar-refractivity contribution >= 4 is 11.6 Å². The standard InChI is InChI=1S/C23H24N2O2/c1-16-4-5-17(2)22(14-16)27-18(3)23(26)25-21-8-6-19(7-9-21)15-20-10-12-24-13-11-20/h4-14,18H,15H2,1-3H3,(H,25,26)/t18-/m0/s1. The zero-order valence-electron chi connectivity index (χ0n) is 15.9. The zero-order chi connectivity index (χ0) is 19.2. The Labute approximate surface area is 160 Å². The van der Waals surface area contributed by atoms with Crippen molar-refractivity contribution in [2.24, 2.45) is 0 Å². The van der Waals surface area contributed by atoms with E-state index in [1.807, 2.05) is 68.4 Å². The molecule has 0 fully saturated rings. The van der Waals surface area contributed by atoms with Crippen LogP contribution in [0.25, 0.3) is 0 Å². The van der Waals surface area contributed by atoms with Crippen molar-refractivity contribution in [1.82, 2.24) is 4.98 Å². The van der Waals surface area contributed by atoms with Crippen LogP contribution in [0, 0.1) is 13.8 Å². The first-order valence-corrected chi connectivity index (χ1v) is 9.04. The summed E-state index contributed by atoms with van der Waals surface area (Å²) in [4.78, 5) is 16.5. The molecule has 0 aliphatic heterocycles. The Balaban J connectivity index is 1.59. The molecule has 0 aliphatic rings. The minimum Gasteiger partial charge on any atom is -0.481 e. The quantitative estimate of drug-likeness (QED) is 0.693. The fourth-order valence-electron chi connectivity index (χ4n) is 2.76. The molecular weight excluding hydrogens is 336 g/mol. The Kier molecular flexibility index (Phi) is 5.87. The van der Waals surface area contributed by atoms with E-state index in [1.54, 1.807) is 19.3 Å². The molecule has 0 aliphatic carbocycles. The van der Waals surface area contributed by atoms with Crippen molar-refractivity contribution in [3.05, 3.63) is 89.2 Å². The number of carbonyl (C=O) groups is 1. The van der Waals surface area contributed by atoms with Gasteiger partial charge in [-0.1, -0.05) is 24.3 Å². The van der Waals surface area contributed by atoms with E-state index in [0.717, 1.165) is 29.0 Å². The van der Waals surface area contributed by atoms with Gasteiger partial charge in [-0.25, -0.2) is 0 Å². The molecule has 1 atom stereocenters. The van der Waals surface area contributed by atoms with Gasteiger partial charge >= 0.3 is 0 Å². The molecule has 27 heavy (non-hydrogen) atoms. The highest BCUT2D eigenvalue weighted by atomic mass is 16.5. The molecule has 2 aromatic carbocycles. The van der Waals surface area contributed by atoms with Gasteiger partial charge in [0.1, 0.15) is 5.75 Å². The topological polar surface area (TPSA) is 51.2 Å². The van der Waals surface area contributed by atoms with Crippen LogP contribution in [0.5, 0.6) is 5.75 Å². The van der Waals surface area contributed by atoms with Crippen LogP contribution in [0.3, 0.4) is 0 Å². The second kappa shape index (κ2) is 8.49. The molecule has 0 unspecified atom stereocenters. The van der Waals surface area contributed by atoms with Crippen LogP contribution < -0.4 is 10.1 Å². The van der Waals surface area contributed by atoms with Crippen molar-refractivity contribution in [1.29, 1.82) is 0 Å². The predicted octanol–water partition coefficient (Wildman–Crippen LogP) is 4.70. The van der Waals surface area contributed by atoms with Gasteiger partial charge < -0.3 is 10.1 Å². The number of pyridine rings is 1. The van der Waals surface area contributed by atoms with Crippen molar-refractivity contribution < 1.29 is 9.53 Å². The molecule has 3 rings (SSSR count). The average molecular weight is 360 g/mol. The minimum atomic E-state index is -0.581. The summed E-state index contributed by atoms with van der Waals surface area (Å²) in [7, 11) is 0. The lowest BCUT2D eigenvalue weighted by Gasteiger charge is -2.17. The first-order chi connectivity index (χ1) is 13.0. The van der Waals surface area contributed by atoms with E-state index in [2.05, 4.69) is 10.3 Å². The third-order valence-electron chi connectivity index (χ3n) is 4.40. The second-order valence-corrected chi connectivity index (χ2v) is 6.75. The first-order valence-electron chi connectivity index (χ1n) is 9.04. The number of carbonyl (C=O) groups excluding carboxylic acids is 1. The number of nitrogens with zero attached hydrogens (tertiary/aromatic N) is 1. The summed E-state index contributed by atoms with van der Waals surface area (Å²) in [6.45, 7) is 5.74. The number of hydrogen-bond acceptors (Lipinski definition) is 3. The molecule has 4 nitrogen and oxygen atoms in total. The van der Waals surface area contributed by atoms with Crippen LogP contribution in [-0.2, 0) is 11.2 Å². The summed E-state index contributed by atoms with van der Waals surface area (Å²) in [6, 6.07) is 17.9. The van der Waals surface area contributed by atoms with Gasteiger partial charge in [0.2, 0.25) is 0 Å². The van der Waals surface area contributed by atoms with Crippen LogP contribution in [0.2, 0.25) is 0 Å². The summed E-state index contributed by atoms with van der Waals surface area (Å²) in [5, 5.41) is 2.91. The summed E-state index contributed by atoms with van der Waals surface area (Å²) >= 11 is 0. The fraction of sp³-hybridized carbons (Fsp3) is 0.217. The average Bonchev–Trinajstić information content (AvgIpc) is 2.67. The van der Waals surface area contributed by atoms with Gasteiger partial charge in [-0.15, -0.1) is 0 Å². The van der Waals surface area contributed by atoms with Crippen LogP contribution in [0.15, 0.2) is 67.0 Å². The second-order valence-electron chi connectivity index (χ2n) is 6.75. The molecule has 3 aromatic rings. The summed E-state index contributed by atoms with van der Waals surface area (Å²) in [6.07, 6.45) is 3.84. The molecule has 4 heteroatoms. The lowest BCUT2D eigenvalue weighted by molar-refractivity contribution is -0.122. The Morgan fingerprint density at radius 1 is 1.00 bits per heavy atom. The van der Waals surface area contributed by atoms with Gasteiger partial charge in [-0.05, 0) is 79.8 Å². The van der Waals surface area contributed by atoms with Crippen molar-refractivity contribution in [3.8, 4) is 5.75 Å². The molecule has 138 valence electrons. The summed E-state index contributed by atoms with van der Waals surface area (Å²) in [5.74, 6) is 0.572. The Morgan fingerprint density at radius 2 is 1.67 bits per heavy atom. The molecule has 1 aromatic heterocycles. The number of amides is 1. The number of anilines is 1. The van der Waals surface area contributed by atoms with Gasteiger partial charge in [0, 0.05) is 18.1 Å². The van der Waals surface area contributed by atoms with Gasteiger partial charge in [0.25, 0.3) is 5.91 Å². The van der Waals surface area contributed by atoms with Gasteiger partial charge in [0.05, 0.1) is 0 Å². The Bertz CT molecular complexity index is 905. The van der Waals surface area contributed by atoms with E-state index in [1.165, 1.54) is 11.1 Å². The molecular formula is C23H24N2O2. The third-order valence-corrected chi connectivity index (χ3v) is 4.40. The molecule has 0 bridgehead atoms. The molecule has 1 amide bonds. The van der Waals surface area contributed by atoms with E-state index < -0.39 is 6.10 Å². The summed E-state index contributed by atoms with van der Waals surface area (Å²) in [5.41, 5.74) is 5.26. The zero-order valence-corrected chi connectivity index (χ0v) is 15.9. The largest absolute Gasteiger partial charge is 0.481 e. The van der Waals surface area contributed by atoms with Gasteiger partial charge in [-0.2, -0.15) is 0 Å². The maximum absolute atomic E-state index is 12.4. The van der Waals surface area contributed by atoms with Crippen molar-refractivity contribution in [2.45, 2.75) is 33.3 Å². The Morgan fingerprint density at radius 3 is 2.37 bits per heavy atom. The van der Waals surface area contributed by atoms with Crippen LogP contribution in [-0.4, -0.2) is 17.0 Å². The number of benzene rings is 2. The highest BCUT2D eigenvalue weighted by Gasteiger charge is 2.16. The minimum absolute atomic E-state index is 0.169. The van der Waals surface area contributed by atoms with Crippen LogP contribution in [0.1, 0.15) is 29.2 Å². The first kappa shape index (κ1) is 18.6. The van der Waals surface area contributed by atoms with E-state index in [4.69, 9.17) is 4.74 Å². The smallest absolute Gasteiger partial charge is 0.265 e. The number of aryl methyl sites for hydroxylation is 2. The molecule has 0 radical (unpaired) electrons. The molecule has 1 N–H and O–H groups in total. The number of ether oxygens (including phenoxy) is 1. The van der Waals surface area contributed by atoms with Crippen LogP contribution in [0.4, 0.5) is 5.69 Å². The summed E-state index contributed by atoms with van der Waals surface area (Å²) < 4.78 is 5.84. The lowest BCUT2D eigenvalue weighted by atomic mass is 10.1. The SMILES string of the molecule is Cc1ccc(C)c(O[C@@H](C)C(=O)Nc2ccc(Cc3ccncc3)cc2)c1. The monoisotopic (exact) mass is 360 g/mol. The molecule has 0 saturated carbocycles. The number of nitrogens with one attached hydrogen (secondary N) is 1. The molecule has 0 spiro atoms. The molecule has 1 heterocycles. The Hall–Kier alpha value is -3.14. The number of rotatable bonds is 6. The fourth-order valence-corrected chi connectivity index (χ4v) is 2.76. The van der Waals surface area contributed by atoms with E-state index in [-0.39, 0.29) is 5.91 Å². The van der Waals surface area contributed by atoms with E-state index in [0.29, 0.717) is 0 Å². The van der Waals surface area contributed by atoms with Crippen LogP contribution >= 0.6 is 0 Å².